The Kier molecular flexibility index (Phi) is 2.51. The molecule has 0 saturated carbocycles. The third-order valence-corrected chi connectivity index (χ3v) is 5.05. The number of pyridine rings is 2. The second-order valence-electron chi connectivity index (χ2n) is 5.10. The van der Waals surface area contributed by atoms with Gasteiger partial charge in [-0.15, -0.1) is 4.57 Å². The summed E-state index contributed by atoms with van der Waals surface area (Å²) in [4.78, 5) is 0. The van der Waals surface area contributed by atoms with Crippen molar-refractivity contribution in [2.75, 3.05) is 0 Å². The zero-order chi connectivity index (χ0) is 13.9. The van der Waals surface area contributed by atoms with Gasteiger partial charge in [-0.05, 0) is 40.8 Å². The Morgan fingerprint density at radius 1 is 1.00 bits per heavy atom. The molecule has 0 unspecified atom stereocenters. The van der Waals surface area contributed by atoms with Crippen molar-refractivity contribution in [3.05, 3.63) is 52.5 Å². The number of rotatable bonds is 0. The lowest BCUT2D eigenvalue weighted by molar-refractivity contribution is -0.678. The van der Waals surface area contributed by atoms with Gasteiger partial charge in [0.2, 0.25) is 17.9 Å². The molecule has 0 amide bonds. The van der Waals surface area contributed by atoms with Gasteiger partial charge in [0.25, 0.3) is 0 Å². The minimum atomic E-state index is 1.22. The van der Waals surface area contributed by atoms with E-state index in [1.54, 1.807) is 0 Å². The molecule has 98 valence electrons. The molecule has 1 aromatic carbocycles. The standard InChI is InChI=1S/C16H14IN3/c1-18-9-10-20-13-6-4-3-5-11(13)12-7-8-14(17)19(2)15(12)16(18)20/h3-10H,1-2H3/q+2. The lowest BCUT2D eigenvalue weighted by atomic mass is 10.1. The van der Waals surface area contributed by atoms with Gasteiger partial charge in [-0.2, -0.15) is 0 Å². The van der Waals surface area contributed by atoms with Gasteiger partial charge in [-0.3, -0.25) is 0 Å². The van der Waals surface area contributed by atoms with Crippen LogP contribution in [0.25, 0.3) is 27.5 Å². The molecule has 20 heavy (non-hydrogen) atoms. The molecule has 3 nitrogen and oxygen atoms in total. The third kappa shape index (κ3) is 1.45. The number of imidazole rings is 1. The zero-order valence-electron chi connectivity index (χ0n) is 11.3. The average molecular weight is 375 g/mol. The molecule has 3 heterocycles. The van der Waals surface area contributed by atoms with Crippen LogP contribution >= 0.6 is 22.6 Å². The number of benzene rings is 1. The van der Waals surface area contributed by atoms with Crippen molar-refractivity contribution >= 4 is 50.0 Å². The normalized spacial score (nSPS) is 11.8. The predicted molar refractivity (Wildman–Crippen MR) is 87.5 cm³/mol. The van der Waals surface area contributed by atoms with Crippen molar-refractivity contribution in [2.45, 2.75) is 0 Å². The van der Waals surface area contributed by atoms with Crippen LogP contribution in [0.3, 0.4) is 0 Å². The molecule has 0 saturated heterocycles. The van der Waals surface area contributed by atoms with Crippen LogP contribution in [0.15, 0.2) is 48.8 Å². The van der Waals surface area contributed by atoms with Gasteiger partial charge in [0.1, 0.15) is 7.05 Å². The summed E-state index contributed by atoms with van der Waals surface area (Å²) in [5.41, 5.74) is 3.74. The fourth-order valence-corrected chi connectivity index (χ4v) is 3.40. The van der Waals surface area contributed by atoms with Crippen molar-refractivity contribution in [3.63, 3.8) is 0 Å². The molecule has 0 fully saturated rings. The maximum absolute atomic E-state index is 2.38. The molecule has 0 atom stereocenters. The number of aryl methyl sites for hydroxylation is 2. The Hall–Kier alpha value is -1.69. The second-order valence-corrected chi connectivity index (χ2v) is 6.20. The highest BCUT2D eigenvalue weighted by Crippen LogP contribution is 2.25. The van der Waals surface area contributed by atoms with Crippen molar-refractivity contribution in [2.24, 2.45) is 14.1 Å². The second kappa shape index (κ2) is 4.15. The number of halogens is 1. The van der Waals surface area contributed by atoms with Crippen LogP contribution in [-0.2, 0) is 14.1 Å². The summed E-state index contributed by atoms with van der Waals surface area (Å²) in [5, 5.41) is 2.59. The third-order valence-electron chi connectivity index (χ3n) is 3.97. The van der Waals surface area contributed by atoms with E-state index < -0.39 is 0 Å². The largest absolute Gasteiger partial charge is 0.474 e. The highest BCUT2D eigenvalue weighted by molar-refractivity contribution is 14.1. The fourth-order valence-electron chi connectivity index (χ4n) is 2.98. The van der Waals surface area contributed by atoms with Crippen LogP contribution in [0, 0.1) is 3.70 Å². The summed E-state index contributed by atoms with van der Waals surface area (Å²) in [6.45, 7) is 0. The summed E-state index contributed by atoms with van der Waals surface area (Å²) >= 11 is 2.38. The zero-order valence-corrected chi connectivity index (χ0v) is 13.5. The van der Waals surface area contributed by atoms with E-state index >= 15 is 0 Å². The molecule has 0 bridgehead atoms. The highest BCUT2D eigenvalue weighted by Gasteiger charge is 2.26. The molecular weight excluding hydrogens is 361 g/mol. The Bertz CT molecular complexity index is 985. The van der Waals surface area contributed by atoms with E-state index in [2.05, 4.69) is 99.0 Å². The monoisotopic (exact) mass is 375 g/mol. The maximum Gasteiger partial charge on any atom is 0.474 e. The predicted octanol–water partition coefficient (Wildman–Crippen LogP) is 2.50. The van der Waals surface area contributed by atoms with E-state index in [-0.39, 0.29) is 0 Å². The maximum atomic E-state index is 2.38. The molecule has 0 spiro atoms. The first kappa shape index (κ1) is 12.1. The quantitative estimate of drug-likeness (QED) is 0.194. The number of hydrogen-bond acceptors (Lipinski definition) is 0. The van der Waals surface area contributed by atoms with Gasteiger partial charge in [0, 0.05) is 18.5 Å². The van der Waals surface area contributed by atoms with Crippen molar-refractivity contribution in [1.29, 1.82) is 0 Å². The Balaban J connectivity index is 2.48. The molecule has 4 heteroatoms. The molecule has 0 aliphatic heterocycles. The van der Waals surface area contributed by atoms with E-state index in [0.29, 0.717) is 0 Å². The van der Waals surface area contributed by atoms with Gasteiger partial charge in [-0.25, -0.2) is 0 Å². The topological polar surface area (TPSA) is 12.9 Å². The highest BCUT2D eigenvalue weighted by atomic mass is 127. The van der Waals surface area contributed by atoms with Crippen LogP contribution in [0.1, 0.15) is 0 Å². The summed E-state index contributed by atoms with van der Waals surface area (Å²) in [7, 11) is 4.23. The van der Waals surface area contributed by atoms with Crippen LogP contribution in [0.5, 0.6) is 0 Å². The van der Waals surface area contributed by atoms with Crippen molar-refractivity contribution < 1.29 is 8.97 Å². The molecule has 4 aromatic rings. The molecular formula is C16H14IN3+2. The van der Waals surface area contributed by atoms with E-state index in [4.69, 9.17) is 0 Å². The Labute approximate surface area is 130 Å². The fraction of sp³-hybridized carbons (Fsp3) is 0.125. The van der Waals surface area contributed by atoms with Crippen LogP contribution in [-0.4, -0.2) is 4.57 Å². The first-order valence-corrected chi connectivity index (χ1v) is 7.62. The molecule has 0 N–H and O–H groups in total. The minimum Gasteiger partial charge on any atom is -0.328 e. The van der Waals surface area contributed by atoms with E-state index in [1.165, 1.54) is 31.2 Å². The SMILES string of the molecule is Cn1c(I)ccc2c3ccccc3[n+]3cc[n+](C)c3c21. The number of fused-ring (bicyclic) bond motifs is 6. The van der Waals surface area contributed by atoms with E-state index in [9.17, 15) is 0 Å². The van der Waals surface area contributed by atoms with Crippen molar-refractivity contribution in [1.82, 2.24) is 4.57 Å². The molecule has 4 rings (SSSR count). The molecule has 0 aliphatic carbocycles. The molecule has 0 aliphatic rings. The van der Waals surface area contributed by atoms with E-state index in [0.717, 1.165) is 0 Å². The van der Waals surface area contributed by atoms with Crippen molar-refractivity contribution in [3.8, 4) is 0 Å². The summed E-state index contributed by atoms with van der Waals surface area (Å²) in [6.07, 6.45) is 4.25. The first-order chi connectivity index (χ1) is 9.68. The summed E-state index contributed by atoms with van der Waals surface area (Å²) < 4.78 is 7.95. The van der Waals surface area contributed by atoms with Gasteiger partial charge in [0.05, 0.1) is 9.09 Å². The Morgan fingerprint density at radius 3 is 2.65 bits per heavy atom. The molecule has 0 radical (unpaired) electrons. The number of nitrogens with zero attached hydrogens (tertiary/aromatic N) is 3. The van der Waals surface area contributed by atoms with Gasteiger partial charge in [0.15, 0.2) is 5.52 Å². The van der Waals surface area contributed by atoms with Crippen LogP contribution in [0.4, 0.5) is 0 Å². The first-order valence-electron chi connectivity index (χ1n) is 6.54. The number of hydrogen-bond donors (Lipinski definition) is 0. The van der Waals surface area contributed by atoms with Gasteiger partial charge < -0.3 is 4.57 Å². The van der Waals surface area contributed by atoms with E-state index in [1.807, 2.05) is 0 Å². The smallest absolute Gasteiger partial charge is 0.328 e. The number of aromatic nitrogens is 3. The lowest BCUT2D eigenvalue weighted by Crippen LogP contribution is -2.33. The summed E-state index contributed by atoms with van der Waals surface area (Å²) in [6, 6.07) is 13.0. The summed E-state index contributed by atoms with van der Waals surface area (Å²) in [5.74, 6) is 0. The van der Waals surface area contributed by atoms with Crippen LogP contribution < -0.4 is 8.97 Å². The van der Waals surface area contributed by atoms with Gasteiger partial charge in [-0.1, -0.05) is 16.5 Å². The number of para-hydroxylation sites is 1. The lowest BCUT2D eigenvalue weighted by Gasteiger charge is -2.07. The minimum absolute atomic E-state index is 1.22. The Morgan fingerprint density at radius 2 is 1.80 bits per heavy atom. The molecule has 3 aromatic heterocycles. The van der Waals surface area contributed by atoms with Crippen LogP contribution in [0.2, 0.25) is 0 Å². The average Bonchev–Trinajstić information content (AvgIpc) is 2.85. The van der Waals surface area contributed by atoms with Gasteiger partial charge >= 0.3 is 5.65 Å².